The summed E-state index contributed by atoms with van der Waals surface area (Å²) in [7, 11) is 0. The van der Waals surface area contributed by atoms with E-state index in [1.165, 1.54) is 18.2 Å². The van der Waals surface area contributed by atoms with Crippen LogP contribution < -0.4 is 5.32 Å². The standard InChI is InChI=1S/C13H9BrClFN2O2/c14-10-5-9(16)6-11(15)13(10)17-7-8-3-1-2-4-12(8)18(19)20/h1-6,17H,7H2. The van der Waals surface area contributed by atoms with Crippen molar-refractivity contribution in [2.45, 2.75) is 6.54 Å². The molecule has 0 aromatic heterocycles. The summed E-state index contributed by atoms with van der Waals surface area (Å²) in [5, 5.41) is 14.1. The fourth-order valence-corrected chi connectivity index (χ4v) is 2.69. The van der Waals surface area contributed by atoms with Gasteiger partial charge in [-0.2, -0.15) is 0 Å². The van der Waals surface area contributed by atoms with E-state index in [0.717, 1.165) is 0 Å². The van der Waals surface area contributed by atoms with Crippen LogP contribution in [0.4, 0.5) is 15.8 Å². The molecule has 104 valence electrons. The molecule has 0 saturated carbocycles. The van der Waals surface area contributed by atoms with Gasteiger partial charge in [-0.05, 0) is 28.1 Å². The van der Waals surface area contributed by atoms with E-state index < -0.39 is 10.7 Å². The number of nitrogens with zero attached hydrogens (tertiary/aromatic N) is 1. The van der Waals surface area contributed by atoms with Gasteiger partial charge in [0.15, 0.2) is 0 Å². The largest absolute Gasteiger partial charge is 0.379 e. The zero-order valence-electron chi connectivity index (χ0n) is 10.1. The van der Waals surface area contributed by atoms with Crippen molar-refractivity contribution in [2.24, 2.45) is 0 Å². The average Bonchev–Trinajstić information content (AvgIpc) is 2.37. The summed E-state index contributed by atoms with van der Waals surface area (Å²) in [5.41, 5.74) is 1.03. The van der Waals surface area contributed by atoms with Gasteiger partial charge < -0.3 is 5.32 Å². The molecule has 0 amide bonds. The molecule has 0 aliphatic carbocycles. The lowest BCUT2D eigenvalue weighted by Gasteiger charge is -2.11. The summed E-state index contributed by atoms with van der Waals surface area (Å²) in [6.07, 6.45) is 0. The van der Waals surface area contributed by atoms with Crippen LogP contribution in [0.5, 0.6) is 0 Å². The number of hydrogen-bond acceptors (Lipinski definition) is 3. The van der Waals surface area contributed by atoms with Gasteiger partial charge in [-0.3, -0.25) is 10.1 Å². The van der Waals surface area contributed by atoms with Crippen molar-refractivity contribution in [2.75, 3.05) is 5.32 Å². The fraction of sp³-hybridized carbons (Fsp3) is 0.0769. The van der Waals surface area contributed by atoms with Crippen LogP contribution in [0.25, 0.3) is 0 Å². The van der Waals surface area contributed by atoms with Crippen LogP contribution in [-0.4, -0.2) is 4.92 Å². The number of nitro benzene ring substituents is 1. The molecule has 2 aromatic rings. The molecule has 4 nitrogen and oxygen atoms in total. The Hall–Kier alpha value is -1.66. The second-order valence-corrected chi connectivity index (χ2v) is 5.25. The molecule has 0 fully saturated rings. The molecule has 0 spiro atoms. The van der Waals surface area contributed by atoms with Crippen molar-refractivity contribution in [3.8, 4) is 0 Å². The molecule has 0 aliphatic heterocycles. The van der Waals surface area contributed by atoms with Gasteiger partial charge in [-0.25, -0.2) is 4.39 Å². The highest BCUT2D eigenvalue weighted by Crippen LogP contribution is 2.32. The Kier molecular flexibility index (Phi) is 4.57. The number of halogens is 3. The normalized spacial score (nSPS) is 10.3. The van der Waals surface area contributed by atoms with Crippen LogP contribution in [0.2, 0.25) is 5.02 Å². The molecule has 20 heavy (non-hydrogen) atoms. The van der Waals surface area contributed by atoms with Crippen molar-refractivity contribution in [3.05, 3.63) is 67.4 Å². The third-order valence-corrected chi connectivity index (χ3v) is 3.57. The SMILES string of the molecule is O=[N+]([O-])c1ccccc1CNc1c(Cl)cc(F)cc1Br. The monoisotopic (exact) mass is 358 g/mol. The molecule has 2 aromatic carbocycles. The Labute approximate surface area is 127 Å². The quantitative estimate of drug-likeness (QED) is 0.632. The third-order valence-electron chi connectivity index (χ3n) is 2.65. The molecule has 1 N–H and O–H groups in total. The molecule has 0 unspecified atom stereocenters. The van der Waals surface area contributed by atoms with E-state index in [9.17, 15) is 14.5 Å². The van der Waals surface area contributed by atoms with Crippen molar-refractivity contribution in [1.29, 1.82) is 0 Å². The minimum absolute atomic E-state index is 0.0226. The van der Waals surface area contributed by atoms with E-state index in [1.54, 1.807) is 18.2 Å². The summed E-state index contributed by atoms with van der Waals surface area (Å²) in [5.74, 6) is -0.460. The summed E-state index contributed by atoms with van der Waals surface area (Å²) in [6, 6.07) is 8.84. The van der Waals surface area contributed by atoms with Gasteiger partial charge in [0.1, 0.15) is 5.82 Å². The number of hydrogen-bond donors (Lipinski definition) is 1. The van der Waals surface area contributed by atoms with Gasteiger partial charge in [0.05, 0.1) is 15.6 Å². The molecule has 0 heterocycles. The third kappa shape index (κ3) is 3.26. The second-order valence-electron chi connectivity index (χ2n) is 3.98. The van der Waals surface area contributed by atoms with E-state index in [-0.39, 0.29) is 17.3 Å². The maximum absolute atomic E-state index is 13.1. The first-order chi connectivity index (χ1) is 9.49. The molecular weight excluding hydrogens is 351 g/mol. The number of rotatable bonds is 4. The van der Waals surface area contributed by atoms with Crippen molar-refractivity contribution in [3.63, 3.8) is 0 Å². The van der Waals surface area contributed by atoms with E-state index >= 15 is 0 Å². The first-order valence-electron chi connectivity index (χ1n) is 5.59. The van der Waals surface area contributed by atoms with Crippen LogP contribution in [0.15, 0.2) is 40.9 Å². The van der Waals surface area contributed by atoms with Gasteiger partial charge in [-0.15, -0.1) is 0 Å². The molecule has 0 saturated heterocycles. The Balaban J connectivity index is 2.24. The van der Waals surface area contributed by atoms with Gasteiger partial charge in [0.2, 0.25) is 0 Å². The van der Waals surface area contributed by atoms with Crippen molar-refractivity contribution >= 4 is 38.9 Å². The average molecular weight is 360 g/mol. The molecular formula is C13H9BrClFN2O2. The maximum atomic E-state index is 13.1. The van der Waals surface area contributed by atoms with Crippen molar-refractivity contribution < 1.29 is 9.31 Å². The van der Waals surface area contributed by atoms with Crippen LogP contribution in [0.3, 0.4) is 0 Å². The lowest BCUT2D eigenvalue weighted by atomic mass is 10.2. The van der Waals surface area contributed by atoms with Gasteiger partial charge in [0, 0.05) is 22.6 Å². The highest BCUT2D eigenvalue weighted by atomic mass is 79.9. The molecule has 7 heteroatoms. The topological polar surface area (TPSA) is 55.2 Å². The number of anilines is 1. The lowest BCUT2D eigenvalue weighted by molar-refractivity contribution is -0.385. The maximum Gasteiger partial charge on any atom is 0.274 e. The molecule has 0 radical (unpaired) electrons. The van der Waals surface area contributed by atoms with Crippen molar-refractivity contribution in [1.82, 2.24) is 0 Å². The smallest absolute Gasteiger partial charge is 0.274 e. The fourth-order valence-electron chi connectivity index (χ4n) is 1.73. The first kappa shape index (κ1) is 14.7. The highest BCUT2D eigenvalue weighted by Gasteiger charge is 2.13. The molecule has 0 atom stereocenters. The Morgan fingerprint density at radius 2 is 2.05 bits per heavy atom. The number of nitrogens with one attached hydrogen (secondary N) is 1. The van der Waals surface area contributed by atoms with Gasteiger partial charge >= 0.3 is 0 Å². The zero-order valence-corrected chi connectivity index (χ0v) is 12.4. The number of para-hydroxylation sites is 1. The van der Waals surface area contributed by atoms with Gasteiger partial charge in [0.25, 0.3) is 5.69 Å². The summed E-state index contributed by atoms with van der Waals surface area (Å²) in [4.78, 5) is 10.5. The second kappa shape index (κ2) is 6.19. The first-order valence-corrected chi connectivity index (χ1v) is 6.77. The van der Waals surface area contributed by atoms with Crippen LogP contribution in [0, 0.1) is 15.9 Å². The van der Waals surface area contributed by atoms with Crippen LogP contribution in [-0.2, 0) is 6.54 Å². The Morgan fingerprint density at radius 1 is 1.35 bits per heavy atom. The predicted molar refractivity (Wildman–Crippen MR) is 79.5 cm³/mol. The summed E-state index contributed by atoms with van der Waals surface area (Å²) >= 11 is 9.14. The Morgan fingerprint density at radius 3 is 2.70 bits per heavy atom. The van der Waals surface area contributed by atoms with E-state index in [1.807, 2.05) is 0 Å². The van der Waals surface area contributed by atoms with E-state index in [0.29, 0.717) is 15.7 Å². The summed E-state index contributed by atoms with van der Waals surface area (Å²) < 4.78 is 13.6. The predicted octanol–water partition coefficient (Wildman–Crippen LogP) is 4.76. The Bertz CT molecular complexity index is 644. The van der Waals surface area contributed by atoms with E-state index in [4.69, 9.17) is 11.6 Å². The lowest BCUT2D eigenvalue weighted by Crippen LogP contribution is -2.04. The molecule has 0 bridgehead atoms. The number of nitro groups is 1. The minimum Gasteiger partial charge on any atom is -0.379 e. The molecule has 0 aliphatic rings. The highest BCUT2D eigenvalue weighted by molar-refractivity contribution is 9.10. The number of benzene rings is 2. The van der Waals surface area contributed by atoms with Crippen LogP contribution >= 0.6 is 27.5 Å². The van der Waals surface area contributed by atoms with Crippen LogP contribution in [0.1, 0.15) is 5.56 Å². The van der Waals surface area contributed by atoms with E-state index in [2.05, 4.69) is 21.2 Å². The van der Waals surface area contributed by atoms with Gasteiger partial charge in [-0.1, -0.05) is 29.8 Å². The summed E-state index contributed by atoms with van der Waals surface area (Å²) in [6.45, 7) is 0.209. The molecule has 2 rings (SSSR count). The minimum atomic E-state index is -0.460. The zero-order chi connectivity index (χ0) is 14.7.